The molecule has 0 unspecified atom stereocenters. The average Bonchev–Trinajstić information content (AvgIpc) is 3.85. The Morgan fingerprint density at radius 1 is 0.847 bits per heavy atom. The highest BCUT2D eigenvalue weighted by Crippen LogP contribution is 2.44. The number of alkyl carbamates (subject to hydrolysis) is 2. The Bertz CT molecular complexity index is 1880. The first-order valence-electron chi connectivity index (χ1n) is 20.8. The Balaban J connectivity index is 1.06. The third kappa shape index (κ3) is 12.2. The van der Waals surface area contributed by atoms with Gasteiger partial charge in [0.2, 0.25) is 11.8 Å². The molecule has 1 heterocycles. The molecule has 4 amide bonds. The second-order valence-electron chi connectivity index (χ2n) is 15.7. The van der Waals surface area contributed by atoms with Crippen molar-refractivity contribution in [3.05, 3.63) is 108 Å². The summed E-state index contributed by atoms with van der Waals surface area (Å²) < 4.78 is 16.8. The quantitative estimate of drug-likeness (QED) is 0.0550. The molecule has 1 saturated carbocycles. The molecule has 3 aromatic rings. The summed E-state index contributed by atoms with van der Waals surface area (Å²) in [6, 6.07) is 23.8. The largest absolute Gasteiger partial charge is 0.462 e. The van der Waals surface area contributed by atoms with E-state index in [0.717, 1.165) is 40.7 Å². The number of esters is 1. The van der Waals surface area contributed by atoms with Gasteiger partial charge in [0.05, 0.1) is 24.1 Å². The molecule has 1 fully saturated rings. The summed E-state index contributed by atoms with van der Waals surface area (Å²) in [6.45, 7) is 0.246. The van der Waals surface area contributed by atoms with Gasteiger partial charge in [-0.3, -0.25) is 9.59 Å². The van der Waals surface area contributed by atoms with Gasteiger partial charge in [-0.2, -0.15) is 0 Å². The van der Waals surface area contributed by atoms with Gasteiger partial charge < -0.3 is 40.6 Å². The predicted octanol–water partition coefficient (Wildman–Crippen LogP) is 6.19. The Kier molecular flexibility index (Phi) is 15.5. The van der Waals surface area contributed by atoms with Crippen molar-refractivity contribution in [2.75, 3.05) is 26.4 Å². The fourth-order valence-electron chi connectivity index (χ4n) is 8.18. The number of nitrogens with one attached hydrogen (secondary N) is 4. The maximum absolute atomic E-state index is 13.8. The summed E-state index contributed by atoms with van der Waals surface area (Å²) in [4.78, 5) is 66.1. The van der Waals surface area contributed by atoms with E-state index in [9.17, 15) is 29.1 Å². The van der Waals surface area contributed by atoms with Crippen LogP contribution in [0.5, 0.6) is 0 Å². The standard InChI is InChI=1S/C46H56N4O9/c51-31-46(24-12-13-25-46)50-41(52)27-33-17-5-2-6-23-40(49-45(56)59-30-39-37-21-9-7-19-35(37)36-20-8-10-22-38(36)39)43(54)57-29-34(48-42(33)53)18-11-14-26-47-44(55)58-28-32-15-3-1-4-16-32/h1-5,7-10,15-16,19-22,33-34,39-40,51H,6,11-14,17-18,23-31H2,(H,47,55)(H,48,53)(H,49,56)(H,50,52)/t33-,34+,40+/m1/s1. The maximum Gasteiger partial charge on any atom is 0.407 e. The van der Waals surface area contributed by atoms with E-state index in [1.165, 1.54) is 0 Å². The second kappa shape index (κ2) is 21.4. The molecule has 59 heavy (non-hydrogen) atoms. The van der Waals surface area contributed by atoms with Crippen molar-refractivity contribution in [2.24, 2.45) is 5.92 Å². The Morgan fingerprint density at radius 3 is 2.25 bits per heavy atom. The summed E-state index contributed by atoms with van der Waals surface area (Å²) in [5, 5.41) is 21.5. The number of aliphatic hydroxyl groups excluding tert-OH is 1. The van der Waals surface area contributed by atoms with Gasteiger partial charge in [0.1, 0.15) is 25.9 Å². The lowest BCUT2D eigenvalue weighted by atomic mass is 9.95. The van der Waals surface area contributed by atoms with Crippen LogP contribution in [0.25, 0.3) is 11.1 Å². The molecule has 5 N–H and O–H groups in total. The third-order valence-corrected chi connectivity index (χ3v) is 11.4. The first kappa shape index (κ1) is 42.9. The van der Waals surface area contributed by atoms with Crippen LogP contribution >= 0.6 is 0 Å². The number of cyclic esters (lactones) is 1. The monoisotopic (exact) mass is 808 g/mol. The molecule has 13 heteroatoms. The summed E-state index contributed by atoms with van der Waals surface area (Å²) in [7, 11) is 0. The number of aliphatic hydroxyl groups is 1. The number of amides is 4. The zero-order valence-corrected chi connectivity index (χ0v) is 33.5. The summed E-state index contributed by atoms with van der Waals surface area (Å²) >= 11 is 0. The molecule has 0 saturated heterocycles. The molecule has 0 aromatic heterocycles. The third-order valence-electron chi connectivity index (χ3n) is 11.4. The van der Waals surface area contributed by atoms with Crippen LogP contribution in [-0.4, -0.2) is 79.1 Å². The number of unbranched alkanes of at least 4 members (excludes halogenated alkanes) is 1. The predicted molar refractivity (Wildman–Crippen MR) is 221 cm³/mol. The minimum absolute atomic E-state index is 0.0780. The zero-order chi connectivity index (χ0) is 41.5. The highest BCUT2D eigenvalue weighted by molar-refractivity contribution is 5.87. The van der Waals surface area contributed by atoms with Crippen LogP contribution in [0.4, 0.5) is 9.59 Å². The number of carbonyl (C=O) groups is 5. The SMILES string of the molecule is O=C(C[C@H]1CC=CCC[C@H](NC(=O)OCC2c3ccccc3-c3ccccc32)C(=O)OC[C@H](CCCCNC(=O)OCc2ccccc2)NC1=O)NC1(CO)CCCC1. The van der Waals surface area contributed by atoms with Gasteiger partial charge >= 0.3 is 18.2 Å². The lowest BCUT2D eigenvalue weighted by Crippen LogP contribution is -2.50. The van der Waals surface area contributed by atoms with E-state index in [4.69, 9.17) is 14.2 Å². The molecule has 2 aliphatic carbocycles. The molecule has 3 aromatic carbocycles. The summed E-state index contributed by atoms with van der Waals surface area (Å²) in [5.41, 5.74) is 4.56. The van der Waals surface area contributed by atoms with Crippen LogP contribution < -0.4 is 21.3 Å². The summed E-state index contributed by atoms with van der Waals surface area (Å²) in [6.07, 6.45) is 7.90. The van der Waals surface area contributed by atoms with Gasteiger partial charge in [0.15, 0.2) is 0 Å². The van der Waals surface area contributed by atoms with Crippen molar-refractivity contribution in [3.63, 3.8) is 0 Å². The molecule has 1 aliphatic heterocycles. The topological polar surface area (TPSA) is 181 Å². The number of hydrogen-bond acceptors (Lipinski definition) is 9. The van der Waals surface area contributed by atoms with Gasteiger partial charge in [-0.25, -0.2) is 14.4 Å². The van der Waals surface area contributed by atoms with Gasteiger partial charge in [-0.15, -0.1) is 0 Å². The van der Waals surface area contributed by atoms with Crippen LogP contribution in [0, 0.1) is 5.92 Å². The van der Waals surface area contributed by atoms with Crippen LogP contribution in [0.3, 0.4) is 0 Å². The maximum atomic E-state index is 13.8. The molecule has 3 atom stereocenters. The molecule has 13 nitrogen and oxygen atoms in total. The first-order valence-corrected chi connectivity index (χ1v) is 20.8. The van der Waals surface area contributed by atoms with Crippen molar-refractivity contribution < 1.29 is 43.3 Å². The molecular formula is C46H56N4O9. The molecule has 3 aliphatic rings. The van der Waals surface area contributed by atoms with E-state index in [2.05, 4.69) is 33.4 Å². The smallest absolute Gasteiger partial charge is 0.407 e. The van der Waals surface area contributed by atoms with Crippen molar-refractivity contribution in [2.45, 2.75) is 101 Å². The van der Waals surface area contributed by atoms with Crippen LogP contribution in [0.15, 0.2) is 91.0 Å². The van der Waals surface area contributed by atoms with Crippen LogP contribution in [-0.2, 0) is 35.2 Å². The van der Waals surface area contributed by atoms with Crippen molar-refractivity contribution >= 4 is 30.0 Å². The highest BCUT2D eigenvalue weighted by atomic mass is 16.6. The van der Waals surface area contributed by atoms with Gasteiger partial charge in [0, 0.05) is 18.9 Å². The first-order chi connectivity index (χ1) is 28.7. The fourth-order valence-corrected chi connectivity index (χ4v) is 8.18. The molecule has 0 spiro atoms. The number of rotatable bonds is 14. The van der Waals surface area contributed by atoms with Crippen LogP contribution in [0.1, 0.15) is 93.2 Å². The van der Waals surface area contributed by atoms with E-state index in [1.807, 2.05) is 78.9 Å². The Morgan fingerprint density at radius 2 is 1.54 bits per heavy atom. The van der Waals surface area contributed by atoms with Crippen molar-refractivity contribution in [1.29, 1.82) is 0 Å². The minimum Gasteiger partial charge on any atom is -0.462 e. The zero-order valence-electron chi connectivity index (χ0n) is 33.5. The normalized spacial score (nSPS) is 20.3. The fraction of sp³-hybridized carbons (Fsp3) is 0.457. The minimum atomic E-state index is -1.01. The van der Waals surface area contributed by atoms with E-state index in [1.54, 1.807) is 0 Å². The van der Waals surface area contributed by atoms with Gasteiger partial charge in [-0.1, -0.05) is 104 Å². The average molecular weight is 809 g/mol. The van der Waals surface area contributed by atoms with E-state index in [0.29, 0.717) is 45.1 Å². The van der Waals surface area contributed by atoms with Crippen molar-refractivity contribution in [1.82, 2.24) is 21.3 Å². The lowest BCUT2D eigenvalue weighted by molar-refractivity contribution is -0.147. The number of allylic oxidation sites excluding steroid dienone is 2. The lowest BCUT2D eigenvalue weighted by Gasteiger charge is -2.29. The van der Waals surface area contributed by atoms with Crippen molar-refractivity contribution in [3.8, 4) is 11.1 Å². The Hall–Kier alpha value is -5.69. The molecular weight excluding hydrogens is 753 g/mol. The van der Waals surface area contributed by atoms with E-state index in [-0.39, 0.29) is 63.4 Å². The van der Waals surface area contributed by atoms with E-state index < -0.39 is 41.7 Å². The highest BCUT2D eigenvalue weighted by Gasteiger charge is 2.36. The number of hydrogen-bond donors (Lipinski definition) is 5. The summed E-state index contributed by atoms with van der Waals surface area (Å²) in [5.74, 6) is -2.18. The molecule has 314 valence electrons. The number of carbonyl (C=O) groups excluding carboxylic acids is 5. The Labute approximate surface area is 345 Å². The van der Waals surface area contributed by atoms with Gasteiger partial charge in [0.25, 0.3) is 0 Å². The molecule has 0 radical (unpaired) electrons. The van der Waals surface area contributed by atoms with Crippen LogP contribution in [0.2, 0.25) is 0 Å². The number of ether oxygens (including phenoxy) is 3. The number of fused-ring (bicyclic) bond motifs is 3. The second-order valence-corrected chi connectivity index (χ2v) is 15.7. The van der Waals surface area contributed by atoms with E-state index >= 15 is 0 Å². The molecule has 6 rings (SSSR count). The molecule has 0 bridgehead atoms. The number of benzene rings is 3. The van der Waals surface area contributed by atoms with Gasteiger partial charge in [-0.05, 0) is 79.2 Å².